The van der Waals surface area contributed by atoms with Gasteiger partial charge in [-0.15, -0.1) is 12.4 Å². The van der Waals surface area contributed by atoms with Crippen molar-refractivity contribution >= 4 is 18.3 Å². The molecular weight excluding hydrogens is 272 g/mol. The summed E-state index contributed by atoms with van der Waals surface area (Å²) in [6.07, 6.45) is 11.6. The number of carbonyl (C=O) groups is 1. The molecule has 1 heterocycles. The number of piperidine rings is 1. The van der Waals surface area contributed by atoms with E-state index in [1.54, 1.807) is 0 Å². The van der Waals surface area contributed by atoms with Crippen LogP contribution in [0.1, 0.15) is 57.8 Å². The molecule has 2 saturated carbocycles. The van der Waals surface area contributed by atoms with Crippen LogP contribution in [0.3, 0.4) is 0 Å². The van der Waals surface area contributed by atoms with Gasteiger partial charge >= 0.3 is 0 Å². The van der Waals surface area contributed by atoms with Gasteiger partial charge in [-0.2, -0.15) is 0 Å². The van der Waals surface area contributed by atoms with Crippen molar-refractivity contribution in [2.75, 3.05) is 13.1 Å². The normalized spacial score (nSPS) is 34.5. The molecule has 0 aromatic heterocycles. The van der Waals surface area contributed by atoms with Crippen LogP contribution in [0.25, 0.3) is 0 Å². The van der Waals surface area contributed by atoms with Crippen LogP contribution in [-0.2, 0) is 4.79 Å². The molecule has 4 heteroatoms. The second-order valence-electron chi connectivity index (χ2n) is 6.82. The van der Waals surface area contributed by atoms with Gasteiger partial charge in [-0.1, -0.05) is 32.1 Å². The Bertz CT molecular complexity index is 330. The molecule has 2 aliphatic carbocycles. The van der Waals surface area contributed by atoms with Crippen LogP contribution in [0, 0.1) is 17.8 Å². The van der Waals surface area contributed by atoms with Crippen molar-refractivity contribution in [2.24, 2.45) is 23.5 Å². The molecule has 0 radical (unpaired) electrons. The lowest BCUT2D eigenvalue weighted by atomic mass is 9.85. The number of rotatable bonds is 3. The lowest BCUT2D eigenvalue weighted by molar-refractivity contribution is -0.136. The summed E-state index contributed by atoms with van der Waals surface area (Å²) in [5.74, 6) is 2.36. The van der Waals surface area contributed by atoms with Crippen molar-refractivity contribution in [3.63, 3.8) is 0 Å². The first-order chi connectivity index (χ1) is 9.31. The molecule has 0 aromatic rings. The highest BCUT2D eigenvalue weighted by molar-refractivity contribution is 5.85. The monoisotopic (exact) mass is 300 g/mol. The van der Waals surface area contributed by atoms with Crippen molar-refractivity contribution in [2.45, 2.75) is 63.8 Å². The fraction of sp³-hybridized carbons (Fsp3) is 0.938. The van der Waals surface area contributed by atoms with Gasteiger partial charge in [-0.25, -0.2) is 0 Å². The van der Waals surface area contributed by atoms with Crippen LogP contribution in [0.15, 0.2) is 0 Å². The summed E-state index contributed by atoms with van der Waals surface area (Å²) in [5, 5.41) is 0. The van der Waals surface area contributed by atoms with Gasteiger partial charge in [0.15, 0.2) is 0 Å². The molecule has 116 valence electrons. The number of hydrogen-bond acceptors (Lipinski definition) is 2. The van der Waals surface area contributed by atoms with Gasteiger partial charge in [-0.3, -0.25) is 4.79 Å². The van der Waals surface area contributed by atoms with Gasteiger partial charge in [0, 0.05) is 25.0 Å². The zero-order valence-electron chi connectivity index (χ0n) is 12.4. The van der Waals surface area contributed by atoms with Crippen LogP contribution in [0.5, 0.6) is 0 Å². The SMILES string of the molecule is Cl.NCC1CCCCN1C(=O)C1CC1C1CCCCC1. The topological polar surface area (TPSA) is 46.3 Å². The molecule has 0 bridgehead atoms. The minimum Gasteiger partial charge on any atom is -0.338 e. The van der Waals surface area contributed by atoms with Crippen molar-refractivity contribution in [1.29, 1.82) is 0 Å². The zero-order chi connectivity index (χ0) is 13.2. The second-order valence-corrected chi connectivity index (χ2v) is 6.82. The molecule has 3 unspecified atom stereocenters. The molecule has 0 aromatic carbocycles. The van der Waals surface area contributed by atoms with Crippen LogP contribution < -0.4 is 5.73 Å². The van der Waals surface area contributed by atoms with Gasteiger partial charge < -0.3 is 10.6 Å². The number of nitrogens with two attached hydrogens (primary N) is 1. The van der Waals surface area contributed by atoms with Crippen LogP contribution in [0.2, 0.25) is 0 Å². The number of nitrogens with zero attached hydrogens (tertiary/aromatic N) is 1. The first-order valence-corrected chi connectivity index (χ1v) is 8.32. The fourth-order valence-corrected chi connectivity index (χ4v) is 4.33. The molecule has 1 amide bonds. The minimum absolute atomic E-state index is 0. The number of likely N-dealkylation sites (tertiary alicyclic amines) is 1. The Labute approximate surface area is 129 Å². The van der Waals surface area contributed by atoms with E-state index in [0.29, 0.717) is 30.3 Å². The van der Waals surface area contributed by atoms with Crippen LogP contribution in [-0.4, -0.2) is 29.9 Å². The van der Waals surface area contributed by atoms with E-state index in [9.17, 15) is 4.79 Å². The number of halogens is 1. The van der Waals surface area contributed by atoms with Crippen molar-refractivity contribution in [3.05, 3.63) is 0 Å². The predicted octanol–water partition coefficient (Wildman–Crippen LogP) is 2.96. The summed E-state index contributed by atoms with van der Waals surface area (Å²) < 4.78 is 0. The molecule has 3 aliphatic rings. The van der Waals surface area contributed by atoms with Gasteiger partial charge in [0.05, 0.1) is 0 Å². The molecule has 2 N–H and O–H groups in total. The van der Waals surface area contributed by atoms with E-state index >= 15 is 0 Å². The molecule has 1 saturated heterocycles. The van der Waals surface area contributed by atoms with E-state index in [0.717, 1.165) is 25.3 Å². The van der Waals surface area contributed by atoms with E-state index in [-0.39, 0.29) is 12.4 Å². The lowest BCUT2D eigenvalue weighted by Gasteiger charge is -2.35. The average molecular weight is 301 g/mol. The highest BCUT2D eigenvalue weighted by atomic mass is 35.5. The minimum atomic E-state index is 0. The highest BCUT2D eigenvalue weighted by Gasteiger charge is 2.49. The predicted molar refractivity (Wildman–Crippen MR) is 83.8 cm³/mol. The molecular formula is C16H29ClN2O. The van der Waals surface area contributed by atoms with Crippen molar-refractivity contribution < 1.29 is 4.79 Å². The molecule has 3 nitrogen and oxygen atoms in total. The van der Waals surface area contributed by atoms with Gasteiger partial charge in [0.2, 0.25) is 5.91 Å². The third kappa shape index (κ3) is 3.30. The third-order valence-electron chi connectivity index (χ3n) is 5.59. The van der Waals surface area contributed by atoms with Gasteiger partial charge in [-0.05, 0) is 37.5 Å². The average Bonchev–Trinajstić information content (AvgIpc) is 3.28. The van der Waals surface area contributed by atoms with E-state index in [1.807, 2.05) is 0 Å². The van der Waals surface area contributed by atoms with Crippen LogP contribution in [0.4, 0.5) is 0 Å². The standard InChI is InChI=1S/C16H28N2O.ClH/c17-11-13-8-4-5-9-18(13)16(19)15-10-14(15)12-6-2-1-3-7-12;/h12-15H,1-11,17H2;1H. The van der Waals surface area contributed by atoms with Gasteiger partial charge in [0.25, 0.3) is 0 Å². The number of amides is 1. The highest BCUT2D eigenvalue weighted by Crippen LogP contribution is 2.50. The van der Waals surface area contributed by atoms with E-state index in [1.165, 1.54) is 44.9 Å². The maximum Gasteiger partial charge on any atom is 0.226 e. The summed E-state index contributed by atoms with van der Waals surface area (Å²) in [4.78, 5) is 14.8. The molecule has 3 rings (SSSR count). The largest absolute Gasteiger partial charge is 0.338 e. The second kappa shape index (κ2) is 7.13. The summed E-state index contributed by atoms with van der Waals surface area (Å²) in [6.45, 7) is 1.60. The fourth-order valence-electron chi connectivity index (χ4n) is 4.33. The smallest absolute Gasteiger partial charge is 0.226 e. The van der Waals surface area contributed by atoms with E-state index < -0.39 is 0 Å². The summed E-state index contributed by atoms with van der Waals surface area (Å²) in [5.41, 5.74) is 5.84. The molecule has 3 fully saturated rings. The van der Waals surface area contributed by atoms with Crippen LogP contribution >= 0.6 is 12.4 Å². The Morgan fingerprint density at radius 1 is 1.05 bits per heavy atom. The Morgan fingerprint density at radius 3 is 2.45 bits per heavy atom. The number of carbonyl (C=O) groups excluding carboxylic acids is 1. The van der Waals surface area contributed by atoms with E-state index in [4.69, 9.17) is 5.73 Å². The Balaban J connectivity index is 0.00000147. The first-order valence-electron chi connectivity index (χ1n) is 8.32. The first kappa shape index (κ1) is 16.1. The maximum atomic E-state index is 12.7. The zero-order valence-corrected chi connectivity index (χ0v) is 13.2. The summed E-state index contributed by atoms with van der Waals surface area (Å²) in [7, 11) is 0. The third-order valence-corrected chi connectivity index (χ3v) is 5.59. The Kier molecular flexibility index (Phi) is 5.74. The van der Waals surface area contributed by atoms with Crippen molar-refractivity contribution in [1.82, 2.24) is 4.90 Å². The Hall–Kier alpha value is -0.280. The number of hydrogen-bond donors (Lipinski definition) is 1. The molecule has 3 atom stereocenters. The maximum absolute atomic E-state index is 12.7. The quantitative estimate of drug-likeness (QED) is 0.871. The summed E-state index contributed by atoms with van der Waals surface area (Å²) >= 11 is 0. The molecule has 20 heavy (non-hydrogen) atoms. The molecule has 1 aliphatic heterocycles. The Morgan fingerprint density at radius 2 is 1.75 bits per heavy atom. The van der Waals surface area contributed by atoms with Gasteiger partial charge in [0.1, 0.15) is 0 Å². The van der Waals surface area contributed by atoms with E-state index in [2.05, 4.69) is 4.90 Å². The van der Waals surface area contributed by atoms with Crippen molar-refractivity contribution in [3.8, 4) is 0 Å². The lowest BCUT2D eigenvalue weighted by Crippen LogP contribution is -2.48. The summed E-state index contributed by atoms with van der Waals surface area (Å²) in [6, 6.07) is 0.328. The molecule has 0 spiro atoms.